The number of alkyl halides is 6. The first-order chi connectivity index (χ1) is 16.7. The van der Waals surface area contributed by atoms with E-state index in [1.165, 1.54) is 5.56 Å². The van der Waals surface area contributed by atoms with Crippen molar-refractivity contribution >= 4 is 23.7 Å². The molecule has 2 aliphatic heterocycles. The summed E-state index contributed by atoms with van der Waals surface area (Å²) in [4.78, 5) is 24.6. The third-order valence-corrected chi connectivity index (χ3v) is 6.44. The van der Waals surface area contributed by atoms with Crippen LogP contribution in [0, 0.1) is 0 Å². The Kier molecular flexibility index (Phi) is 10.2. The number of thioether (sulfide) groups is 1. The molecule has 2 aliphatic rings. The smallest absolute Gasteiger partial charge is 0.475 e. The van der Waals surface area contributed by atoms with Crippen LogP contribution in [0.4, 0.5) is 26.3 Å². The molecule has 15 heteroatoms. The number of hydrogen-bond donors (Lipinski definition) is 2. The van der Waals surface area contributed by atoms with Gasteiger partial charge in [0.05, 0.1) is 30.9 Å². The van der Waals surface area contributed by atoms with Gasteiger partial charge in [0.25, 0.3) is 0 Å². The Morgan fingerprint density at radius 3 is 2.19 bits per heavy atom. The number of pyridine rings is 1. The zero-order chi connectivity index (χ0) is 27.0. The highest BCUT2D eigenvalue weighted by Gasteiger charge is 2.49. The number of hydrogen-bond acceptors (Lipinski definition) is 7. The average Bonchev–Trinajstić information content (AvgIpc) is 3.43. The number of carbonyl (C=O) groups is 2. The van der Waals surface area contributed by atoms with Crippen LogP contribution < -0.4 is 0 Å². The number of rotatable bonds is 5. The van der Waals surface area contributed by atoms with E-state index in [-0.39, 0.29) is 0 Å². The highest BCUT2D eigenvalue weighted by atomic mass is 32.2. The molecule has 36 heavy (non-hydrogen) atoms. The Morgan fingerprint density at radius 1 is 1.11 bits per heavy atom. The normalized spacial score (nSPS) is 18.9. The number of halogens is 6. The lowest BCUT2D eigenvalue weighted by atomic mass is 9.92. The number of ether oxygens (including phenoxy) is 1. The number of aliphatic carboxylic acids is 2. The van der Waals surface area contributed by atoms with Crippen LogP contribution in [-0.2, 0) is 27.5 Å². The van der Waals surface area contributed by atoms with Gasteiger partial charge in [0.15, 0.2) is 0 Å². The number of nitrogens with zero attached hydrogens (tertiary/aromatic N) is 2. The second-order valence-electron chi connectivity index (χ2n) is 7.83. The van der Waals surface area contributed by atoms with E-state index in [1.807, 2.05) is 36.7 Å². The van der Waals surface area contributed by atoms with Crippen molar-refractivity contribution in [3.05, 3.63) is 54.2 Å². The van der Waals surface area contributed by atoms with Gasteiger partial charge in [-0.3, -0.25) is 9.88 Å². The van der Waals surface area contributed by atoms with E-state index < -0.39 is 24.3 Å². The summed E-state index contributed by atoms with van der Waals surface area (Å²) in [6, 6.07) is 8.02. The third kappa shape index (κ3) is 9.70. The minimum absolute atomic E-state index is 0.364. The molecule has 0 saturated carbocycles. The van der Waals surface area contributed by atoms with Crippen LogP contribution in [0.2, 0.25) is 0 Å². The molecule has 0 bridgehead atoms. The van der Waals surface area contributed by atoms with Gasteiger partial charge in [-0.05, 0) is 24.6 Å². The van der Waals surface area contributed by atoms with Crippen molar-refractivity contribution in [3.63, 3.8) is 0 Å². The maximum atomic E-state index is 10.6. The fourth-order valence-electron chi connectivity index (χ4n) is 3.34. The average molecular weight is 544 g/mol. The van der Waals surface area contributed by atoms with E-state index in [0.29, 0.717) is 17.5 Å². The molecule has 2 fully saturated rings. The molecule has 2 aromatic heterocycles. The van der Waals surface area contributed by atoms with Crippen molar-refractivity contribution in [2.24, 2.45) is 0 Å². The molecule has 0 aliphatic carbocycles. The first-order valence-corrected chi connectivity index (χ1v) is 11.2. The van der Waals surface area contributed by atoms with Gasteiger partial charge in [0.2, 0.25) is 0 Å². The van der Waals surface area contributed by atoms with E-state index in [4.69, 9.17) is 29.0 Å². The van der Waals surface area contributed by atoms with Crippen molar-refractivity contribution in [2.75, 3.05) is 18.8 Å². The molecule has 200 valence electrons. The summed E-state index contributed by atoms with van der Waals surface area (Å²) >= 11 is 2.08. The summed E-state index contributed by atoms with van der Waals surface area (Å²) in [5.41, 5.74) is 2.28. The van der Waals surface area contributed by atoms with Gasteiger partial charge in [0, 0.05) is 41.9 Å². The van der Waals surface area contributed by atoms with Gasteiger partial charge >= 0.3 is 24.3 Å². The standard InChI is InChI=1S/C17H20N2O2S.2C2HF3O2/c1-2-5-18-15(3-1)10-21-16-7-17(22-11-16)12-19(13-17)8-14-4-6-20-9-14;2*3-2(4,5)1(6)7/h1-6,9,16H,7-8,10-13H2;2*(H,6,7). The SMILES string of the molecule is O=C(O)C(F)(F)F.O=C(O)C(F)(F)F.c1ccc(COC2CSC3(C2)CN(Cc2ccoc2)C3)nc1. The van der Waals surface area contributed by atoms with Crippen molar-refractivity contribution < 1.29 is 55.3 Å². The fraction of sp³-hybridized carbons (Fsp3) is 0.476. The number of likely N-dealkylation sites (tertiary alicyclic amines) is 1. The Hall–Kier alpha value is -2.78. The molecule has 0 amide bonds. The lowest BCUT2D eigenvalue weighted by molar-refractivity contribution is -0.193. The van der Waals surface area contributed by atoms with Crippen LogP contribution in [-0.4, -0.2) is 74.1 Å². The van der Waals surface area contributed by atoms with Crippen molar-refractivity contribution in [1.82, 2.24) is 9.88 Å². The molecule has 1 atom stereocenters. The summed E-state index contributed by atoms with van der Waals surface area (Å²) in [5, 5.41) is 14.2. The largest absolute Gasteiger partial charge is 0.490 e. The third-order valence-electron chi connectivity index (χ3n) is 4.86. The predicted octanol–water partition coefficient (Wildman–Crippen LogP) is 4.22. The Labute approximate surface area is 205 Å². The first kappa shape index (κ1) is 29.5. The van der Waals surface area contributed by atoms with Gasteiger partial charge < -0.3 is 19.4 Å². The molecular weight excluding hydrogens is 522 g/mol. The topological polar surface area (TPSA) is 113 Å². The van der Waals surface area contributed by atoms with Crippen LogP contribution in [0.3, 0.4) is 0 Å². The highest BCUT2D eigenvalue weighted by Crippen LogP contribution is 2.46. The Balaban J connectivity index is 0.000000271. The van der Waals surface area contributed by atoms with Crippen LogP contribution in [0.15, 0.2) is 47.4 Å². The molecule has 4 rings (SSSR count). The van der Waals surface area contributed by atoms with Crippen LogP contribution in [0.1, 0.15) is 17.7 Å². The number of furan rings is 1. The van der Waals surface area contributed by atoms with E-state index in [0.717, 1.165) is 37.5 Å². The maximum absolute atomic E-state index is 10.6. The molecule has 1 spiro atoms. The van der Waals surface area contributed by atoms with Gasteiger partial charge in [-0.25, -0.2) is 9.59 Å². The lowest BCUT2D eigenvalue weighted by Gasteiger charge is -2.47. The van der Waals surface area contributed by atoms with E-state index in [1.54, 1.807) is 6.26 Å². The zero-order valence-corrected chi connectivity index (χ0v) is 19.3. The van der Waals surface area contributed by atoms with E-state index in [9.17, 15) is 26.3 Å². The van der Waals surface area contributed by atoms with E-state index >= 15 is 0 Å². The summed E-state index contributed by atoms with van der Waals surface area (Å²) in [7, 11) is 0. The molecule has 2 N–H and O–H groups in total. The van der Waals surface area contributed by atoms with Crippen molar-refractivity contribution in [1.29, 1.82) is 0 Å². The molecule has 1 unspecified atom stereocenters. The summed E-state index contributed by atoms with van der Waals surface area (Å²) in [6.07, 6.45) is -3.24. The molecule has 2 saturated heterocycles. The van der Waals surface area contributed by atoms with Crippen LogP contribution in [0.25, 0.3) is 0 Å². The van der Waals surface area contributed by atoms with E-state index in [2.05, 4.69) is 21.6 Å². The first-order valence-electron chi connectivity index (χ1n) is 10.2. The predicted molar refractivity (Wildman–Crippen MR) is 114 cm³/mol. The summed E-state index contributed by atoms with van der Waals surface area (Å²) in [6.45, 7) is 3.94. The van der Waals surface area contributed by atoms with Crippen molar-refractivity contribution in [3.8, 4) is 0 Å². The zero-order valence-electron chi connectivity index (χ0n) is 18.5. The van der Waals surface area contributed by atoms with Gasteiger partial charge in [-0.1, -0.05) is 6.07 Å². The molecular formula is C21H22F6N2O6S. The second-order valence-corrected chi connectivity index (χ2v) is 9.32. The number of carboxylic acids is 2. The summed E-state index contributed by atoms with van der Waals surface area (Å²) < 4.78 is 75.1. The fourth-order valence-corrected chi connectivity index (χ4v) is 4.94. The summed E-state index contributed by atoms with van der Waals surface area (Å²) in [5.74, 6) is -4.41. The van der Waals surface area contributed by atoms with Gasteiger partial charge in [-0.15, -0.1) is 11.8 Å². The Bertz CT molecular complexity index is 942. The van der Waals surface area contributed by atoms with Crippen LogP contribution >= 0.6 is 11.8 Å². The van der Waals surface area contributed by atoms with Gasteiger partial charge in [0.1, 0.15) is 0 Å². The molecule has 4 heterocycles. The minimum atomic E-state index is -5.08. The molecule has 2 aromatic rings. The van der Waals surface area contributed by atoms with Gasteiger partial charge in [-0.2, -0.15) is 26.3 Å². The number of carboxylic acid groups (broad SMARTS) is 2. The maximum Gasteiger partial charge on any atom is 0.490 e. The Morgan fingerprint density at radius 2 is 1.72 bits per heavy atom. The molecule has 8 nitrogen and oxygen atoms in total. The monoisotopic (exact) mass is 544 g/mol. The van der Waals surface area contributed by atoms with Crippen LogP contribution in [0.5, 0.6) is 0 Å². The minimum Gasteiger partial charge on any atom is -0.475 e. The highest BCUT2D eigenvalue weighted by molar-refractivity contribution is 8.01. The number of aromatic nitrogens is 1. The lowest BCUT2D eigenvalue weighted by Crippen LogP contribution is -2.58. The second kappa shape index (κ2) is 12.5. The molecule has 0 aromatic carbocycles. The quantitative estimate of drug-likeness (QED) is 0.535. The molecule has 0 radical (unpaired) electrons. The van der Waals surface area contributed by atoms with Crippen molar-refractivity contribution in [2.45, 2.75) is 42.8 Å².